The summed E-state index contributed by atoms with van der Waals surface area (Å²) in [6.45, 7) is 2.64. The molecule has 2 aromatic rings. The molecule has 0 aromatic heterocycles. The fourth-order valence-electron chi connectivity index (χ4n) is 3.46. The van der Waals surface area contributed by atoms with Crippen LogP contribution in [0.1, 0.15) is 29.7 Å². The molecule has 1 aliphatic heterocycles. The van der Waals surface area contributed by atoms with Crippen molar-refractivity contribution in [1.29, 1.82) is 0 Å². The Balaban J connectivity index is 1.63. The highest BCUT2D eigenvalue weighted by Gasteiger charge is 2.37. The largest absolute Gasteiger partial charge is 0.497 e. The molecule has 1 aliphatic rings. The van der Waals surface area contributed by atoms with Crippen molar-refractivity contribution >= 4 is 11.8 Å². The predicted octanol–water partition coefficient (Wildman–Crippen LogP) is 1.79. The molecule has 0 spiro atoms. The van der Waals surface area contributed by atoms with Crippen LogP contribution in [0.25, 0.3) is 0 Å². The third-order valence-electron chi connectivity index (χ3n) is 5.18. The summed E-state index contributed by atoms with van der Waals surface area (Å²) in [5.41, 5.74) is 2.95. The van der Waals surface area contributed by atoms with E-state index in [2.05, 4.69) is 5.32 Å². The number of amides is 2. The van der Waals surface area contributed by atoms with E-state index in [1.807, 2.05) is 43.3 Å². The second-order valence-electron chi connectivity index (χ2n) is 7.07. The first-order valence-corrected chi connectivity index (χ1v) is 9.45. The summed E-state index contributed by atoms with van der Waals surface area (Å²) < 4.78 is 10.3. The van der Waals surface area contributed by atoms with Crippen molar-refractivity contribution in [3.8, 4) is 5.75 Å². The van der Waals surface area contributed by atoms with Gasteiger partial charge in [0.15, 0.2) is 12.2 Å². The molecule has 2 N–H and O–H groups in total. The van der Waals surface area contributed by atoms with E-state index in [-0.39, 0.29) is 6.04 Å². The number of nitrogens with zero attached hydrogens (tertiary/aromatic N) is 1. The summed E-state index contributed by atoms with van der Waals surface area (Å²) in [4.78, 5) is 26.9. The molecule has 3 rings (SSSR count). The molecule has 0 bridgehead atoms. The Bertz CT molecular complexity index is 843. The van der Waals surface area contributed by atoms with E-state index in [0.29, 0.717) is 13.1 Å². The molecule has 0 fully saturated rings. The van der Waals surface area contributed by atoms with Gasteiger partial charge in [0, 0.05) is 20.2 Å². The first kappa shape index (κ1) is 20.8. The summed E-state index contributed by atoms with van der Waals surface area (Å²) >= 11 is 0. The molecular weight excluding hydrogens is 372 g/mol. The molecule has 0 saturated carbocycles. The number of methoxy groups -OCH3 is 2. The van der Waals surface area contributed by atoms with Gasteiger partial charge in [-0.05, 0) is 35.7 Å². The number of nitrogens with one attached hydrogen (secondary N) is 1. The Kier molecular flexibility index (Phi) is 6.51. The first-order valence-electron chi connectivity index (χ1n) is 9.45. The lowest BCUT2D eigenvalue weighted by Gasteiger charge is -2.26. The van der Waals surface area contributed by atoms with Gasteiger partial charge < -0.3 is 24.8 Å². The van der Waals surface area contributed by atoms with E-state index in [0.717, 1.165) is 22.4 Å². The molecule has 29 heavy (non-hydrogen) atoms. The third kappa shape index (κ3) is 4.58. The lowest BCUT2D eigenvalue weighted by atomic mass is 10.1. The second-order valence-corrected chi connectivity index (χ2v) is 7.07. The maximum absolute atomic E-state index is 12.7. The van der Waals surface area contributed by atoms with Gasteiger partial charge in [0.05, 0.1) is 13.2 Å². The van der Waals surface area contributed by atoms with Crippen LogP contribution < -0.4 is 10.1 Å². The minimum atomic E-state index is -1.59. The molecule has 0 radical (unpaired) electrons. The van der Waals surface area contributed by atoms with Gasteiger partial charge in [-0.3, -0.25) is 9.59 Å². The van der Waals surface area contributed by atoms with Gasteiger partial charge in [0.25, 0.3) is 11.8 Å². The van der Waals surface area contributed by atoms with Crippen LogP contribution in [0.2, 0.25) is 0 Å². The van der Waals surface area contributed by atoms with Crippen molar-refractivity contribution in [1.82, 2.24) is 10.2 Å². The highest BCUT2D eigenvalue weighted by molar-refractivity contribution is 5.91. The van der Waals surface area contributed by atoms with Crippen molar-refractivity contribution in [3.05, 3.63) is 65.2 Å². The molecule has 0 unspecified atom stereocenters. The Morgan fingerprint density at radius 3 is 2.14 bits per heavy atom. The Labute approximate surface area is 170 Å². The standard InChI is InChI=1S/C22H26N2O5/c1-14(15-8-10-18(28-2)11-9-15)23-21(26)20(29-3)19(25)22(27)24-12-16-6-4-5-7-17(16)13-24/h4-11,14,19-20,25H,12-13H2,1-3H3,(H,23,26)/t14-,19-,20-/m1/s1. The molecule has 7 heteroatoms. The number of carbonyl (C=O) groups excluding carboxylic acids is 2. The molecule has 3 atom stereocenters. The predicted molar refractivity (Wildman–Crippen MR) is 107 cm³/mol. The van der Waals surface area contributed by atoms with E-state index in [1.165, 1.54) is 12.0 Å². The van der Waals surface area contributed by atoms with Crippen LogP contribution >= 0.6 is 0 Å². The quantitative estimate of drug-likeness (QED) is 0.743. The van der Waals surface area contributed by atoms with E-state index >= 15 is 0 Å². The van der Waals surface area contributed by atoms with Crippen molar-refractivity contribution < 1.29 is 24.2 Å². The number of carbonyl (C=O) groups is 2. The van der Waals surface area contributed by atoms with E-state index in [1.54, 1.807) is 19.2 Å². The second kappa shape index (κ2) is 9.07. The van der Waals surface area contributed by atoms with Gasteiger partial charge in [0.1, 0.15) is 5.75 Å². The average molecular weight is 398 g/mol. The SMILES string of the molecule is COc1ccc([C@@H](C)NC(=O)[C@H](OC)[C@@H](O)C(=O)N2Cc3ccccc3C2)cc1. The van der Waals surface area contributed by atoms with Crippen molar-refractivity contribution in [3.63, 3.8) is 0 Å². The lowest BCUT2D eigenvalue weighted by molar-refractivity contribution is -0.156. The van der Waals surface area contributed by atoms with Gasteiger partial charge in [-0.25, -0.2) is 0 Å². The van der Waals surface area contributed by atoms with Crippen molar-refractivity contribution in [2.45, 2.75) is 38.3 Å². The average Bonchev–Trinajstić information content (AvgIpc) is 3.17. The Morgan fingerprint density at radius 2 is 1.62 bits per heavy atom. The summed E-state index contributed by atoms with van der Waals surface area (Å²) in [5, 5.41) is 13.3. The zero-order chi connectivity index (χ0) is 21.0. The normalized spacial score (nSPS) is 15.9. The molecule has 1 heterocycles. The van der Waals surface area contributed by atoms with E-state index < -0.39 is 24.0 Å². The number of aliphatic hydroxyl groups is 1. The van der Waals surface area contributed by atoms with Crippen LogP contribution in [-0.4, -0.2) is 48.2 Å². The lowest BCUT2D eigenvalue weighted by Crippen LogP contribution is -2.51. The van der Waals surface area contributed by atoms with Crippen LogP contribution in [0.4, 0.5) is 0 Å². The third-order valence-corrected chi connectivity index (χ3v) is 5.18. The number of ether oxygens (including phenoxy) is 2. The molecule has 2 amide bonds. The molecule has 0 saturated heterocycles. The van der Waals surface area contributed by atoms with Crippen LogP contribution in [-0.2, 0) is 27.4 Å². The molecule has 7 nitrogen and oxygen atoms in total. The minimum Gasteiger partial charge on any atom is -0.497 e. The number of hydrogen-bond acceptors (Lipinski definition) is 5. The molecule has 0 aliphatic carbocycles. The first-order chi connectivity index (χ1) is 13.9. The smallest absolute Gasteiger partial charge is 0.255 e. The maximum atomic E-state index is 12.7. The monoisotopic (exact) mass is 398 g/mol. The highest BCUT2D eigenvalue weighted by atomic mass is 16.5. The van der Waals surface area contributed by atoms with Crippen LogP contribution in [0.15, 0.2) is 48.5 Å². The maximum Gasteiger partial charge on any atom is 0.255 e. The molecule has 2 aromatic carbocycles. The molecule has 154 valence electrons. The van der Waals surface area contributed by atoms with E-state index in [9.17, 15) is 14.7 Å². The Morgan fingerprint density at radius 1 is 1.03 bits per heavy atom. The van der Waals surface area contributed by atoms with Crippen molar-refractivity contribution in [2.75, 3.05) is 14.2 Å². The number of rotatable bonds is 7. The zero-order valence-electron chi connectivity index (χ0n) is 16.8. The number of benzene rings is 2. The van der Waals surface area contributed by atoms with Gasteiger partial charge in [-0.2, -0.15) is 0 Å². The summed E-state index contributed by atoms with van der Waals surface area (Å²) in [5.74, 6) is -0.358. The fraction of sp³-hybridized carbons (Fsp3) is 0.364. The van der Waals surface area contributed by atoms with E-state index in [4.69, 9.17) is 9.47 Å². The van der Waals surface area contributed by atoms with Gasteiger partial charge in [0.2, 0.25) is 0 Å². The fourth-order valence-corrected chi connectivity index (χ4v) is 3.46. The summed E-state index contributed by atoms with van der Waals surface area (Å²) in [6.07, 6.45) is -2.88. The van der Waals surface area contributed by atoms with Gasteiger partial charge in [-0.15, -0.1) is 0 Å². The topological polar surface area (TPSA) is 88.1 Å². The highest BCUT2D eigenvalue weighted by Crippen LogP contribution is 2.24. The summed E-state index contributed by atoms with van der Waals surface area (Å²) in [7, 11) is 2.89. The number of aliphatic hydroxyl groups excluding tert-OH is 1. The number of hydrogen-bond donors (Lipinski definition) is 2. The van der Waals surface area contributed by atoms with Gasteiger partial charge >= 0.3 is 0 Å². The summed E-state index contributed by atoms with van der Waals surface area (Å²) in [6, 6.07) is 14.7. The van der Waals surface area contributed by atoms with Crippen LogP contribution in [0, 0.1) is 0 Å². The van der Waals surface area contributed by atoms with Gasteiger partial charge in [-0.1, -0.05) is 36.4 Å². The molecular formula is C22H26N2O5. The van der Waals surface area contributed by atoms with Crippen molar-refractivity contribution in [2.24, 2.45) is 0 Å². The Hall–Kier alpha value is -2.90. The van der Waals surface area contributed by atoms with Crippen LogP contribution in [0.3, 0.4) is 0 Å². The zero-order valence-corrected chi connectivity index (χ0v) is 16.8. The number of fused-ring (bicyclic) bond motifs is 1. The van der Waals surface area contributed by atoms with Crippen LogP contribution in [0.5, 0.6) is 5.75 Å². The minimum absolute atomic E-state index is 0.329.